The van der Waals surface area contributed by atoms with E-state index in [2.05, 4.69) is 16.6 Å². The molecule has 4 nitrogen and oxygen atoms in total. The Hall–Kier alpha value is -2.28. The van der Waals surface area contributed by atoms with E-state index in [1.165, 1.54) is 19.2 Å². The number of methoxy groups -OCH3 is 1. The van der Waals surface area contributed by atoms with Crippen molar-refractivity contribution >= 4 is 11.8 Å². The van der Waals surface area contributed by atoms with Crippen LogP contribution in [0.5, 0.6) is 5.75 Å². The number of carbonyl (C=O) groups is 2. The van der Waals surface area contributed by atoms with Crippen LogP contribution in [0.25, 0.3) is 0 Å². The third kappa shape index (κ3) is 3.63. The number of rotatable bonds is 3. The van der Waals surface area contributed by atoms with Gasteiger partial charge in [-0.25, -0.2) is 0 Å². The van der Waals surface area contributed by atoms with Crippen LogP contribution in [0, 0.1) is 11.8 Å². The zero-order valence-corrected chi connectivity index (χ0v) is 10.3. The normalized spacial score (nSPS) is 9.22. The fourth-order valence-electron chi connectivity index (χ4n) is 1.32. The Morgan fingerprint density at radius 3 is 2.72 bits per heavy atom. The molecule has 0 aliphatic carbocycles. The van der Waals surface area contributed by atoms with Gasteiger partial charge in [0.2, 0.25) is 0 Å². The highest BCUT2D eigenvalue weighted by Gasteiger charge is 2.09. The number of Topliss-reactive ketones (excluding diaryl/α,β-unsaturated/α-hetero) is 1. The zero-order valence-electron chi connectivity index (χ0n) is 10.3. The van der Waals surface area contributed by atoms with E-state index in [1.807, 2.05) is 0 Å². The van der Waals surface area contributed by atoms with E-state index in [4.69, 9.17) is 0 Å². The molecule has 1 aromatic rings. The SMILES string of the molecule is CCC(=O)c1cc(C#CCC(=O)OC)ccc1O. The average molecular weight is 246 g/mol. The Morgan fingerprint density at radius 2 is 2.11 bits per heavy atom. The van der Waals surface area contributed by atoms with Crippen molar-refractivity contribution in [2.75, 3.05) is 7.11 Å². The third-order valence-corrected chi connectivity index (χ3v) is 2.31. The molecule has 0 unspecified atom stereocenters. The standard InChI is InChI=1S/C14H14O4/c1-3-12(15)11-9-10(7-8-13(11)16)5-4-6-14(17)18-2/h7-9,16H,3,6H2,1-2H3. The number of ether oxygens (including phenoxy) is 1. The van der Waals surface area contributed by atoms with Gasteiger partial charge in [-0.3, -0.25) is 9.59 Å². The highest BCUT2D eigenvalue weighted by atomic mass is 16.5. The van der Waals surface area contributed by atoms with E-state index in [0.717, 1.165) is 0 Å². The molecule has 0 bridgehead atoms. The topological polar surface area (TPSA) is 63.6 Å². The Balaban J connectivity index is 2.92. The smallest absolute Gasteiger partial charge is 0.317 e. The Kier molecular flexibility index (Phi) is 4.94. The van der Waals surface area contributed by atoms with Gasteiger partial charge in [-0.15, -0.1) is 0 Å². The first kappa shape index (κ1) is 13.8. The first-order valence-electron chi connectivity index (χ1n) is 5.50. The van der Waals surface area contributed by atoms with Crippen molar-refractivity contribution in [1.82, 2.24) is 0 Å². The summed E-state index contributed by atoms with van der Waals surface area (Å²) in [5.74, 6) is 4.77. The minimum Gasteiger partial charge on any atom is -0.507 e. The monoisotopic (exact) mass is 246 g/mol. The minimum atomic E-state index is -0.411. The van der Waals surface area contributed by atoms with Crippen LogP contribution in [0.2, 0.25) is 0 Å². The van der Waals surface area contributed by atoms with E-state index >= 15 is 0 Å². The maximum Gasteiger partial charge on any atom is 0.317 e. The molecule has 0 aromatic heterocycles. The minimum absolute atomic E-state index is 0.00552. The van der Waals surface area contributed by atoms with Gasteiger partial charge >= 0.3 is 5.97 Å². The number of ketones is 1. The summed E-state index contributed by atoms with van der Waals surface area (Å²) in [6, 6.07) is 4.53. The second kappa shape index (κ2) is 6.45. The van der Waals surface area contributed by atoms with Crippen molar-refractivity contribution < 1.29 is 19.4 Å². The van der Waals surface area contributed by atoms with Gasteiger partial charge in [-0.05, 0) is 18.2 Å². The van der Waals surface area contributed by atoms with Crippen LogP contribution in [0.4, 0.5) is 0 Å². The number of aromatic hydroxyl groups is 1. The van der Waals surface area contributed by atoms with E-state index in [-0.39, 0.29) is 23.5 Å². The molecule has 0 fully saturated rings. The fraction of sp³-hybridized carbons (Fsp3) is 0.286. The van der Waals surface area contributed by atoms with Gasteiger partial charge < -0.3 is 9.84 Å². The van der Waals surface area contributed by atoms with Gasteiger partial charge in [-0.1, -0.05) is 18.8 Å². The summed E-state index contributed by atoms with van der Waals surface area (Å²) in [5, 5.41) is 9.55. The summed E-state index contributed by atoms with van der Waals surface area (Å²) < 4.78 is 4.45. The van der Waals surface area contributed by atoms with Crippen LogP contribution < -0.4 is 0 Å². The third-order valence-electron chi connectivity index (χ3n) is 2.31. The molecule has 1 N–H and O–H groups in total. The predicted molar refractivity (Wildman–Crippen MR) is 66.2 cm³/mol. The highest BCUT2D eigenvalue weighted by molar-refractivity contribution is 5.98. The fourth-order valence-corrected chi connectivity index (χ4v) is 1.32. The lowest BCUT2D eigenvalue weighted by Crippen LogP contribution is -1.98. The summed E-state index contributed by atoms with van der Waals surface area (Å²) in [7, 11) is 1.29. The van der Waals surface area contributed by atoms with Crippen molar-refractivity contribution in [1.29, 1.82) is 0 Å². The molecule has 1 aromatic carbocycles. The molecule has 1 rings (SSSR count). The Labute approximate surface area is 106 Å². The molecule has 0 atom stereocenters. The second-order valence-corrected chi connectivity index (χ2v) is 3.56. The van der Waals surface area contributed by atoms with Crippen molar-refractivity contribution in [2.45, 2.75) is 19.8 Å². The maximum atomic E-state index is 11.5. The van der Waals surface area contributed by atoms with Crippen molar-refractivity contribution in [3.05, 3.63) is 29.3 Å². The summed E-state index contributed by atoms with van der Waals surface area (Å²) in [6.45, 7) is 1.72. The molecule has 0 amide bonds. The van der Waals surface area contributed by atoms with Crippen LogP contribution in [-0.2, 0) is 9.53 Å². The molecule has 4 heteroatoms. The average Bonchev–Trinajstić information content (AvgIpc) is 2.39. The molecule has 0 aliphatic rings. The summed E-state index contributed by atoms with van der Waals surface area (Å²) in [5.41, 5.74) is 0.830. The van der Waals surface area contributed by atoms with Crippen LogP contribution >= 0.6 is 0 Å². The largest absolute Gasteiger partial charge is 0.507 e. The molecule has 0 aliphatic heterocycles. The summed E-state index contributed by atoms with van der Waals surface area (Å²) in [4.78, 5) is 22.4. The van der Waals surface area contributed by atoms with Crippen LogP contribution in [0.15, 0.2) is 18.2 Å². The number of hydrogen-bond donors (Lipinski definition) is 1. The molecule has 0 saturated heterocycles. The first-order valence-corrected chi connectivity index (χ1v) is 5.50. The molecule has 0 heterocycles. The predicted octanol–water partition coefficient (Wildman–Crippen LogP) is 1.90. The molecule has 0 spiro atoms. The first-order chi connectivity index (χ1) is 8.58. The Morgan fingerprint density at radius 1 is 1.39 bits per heavy atom. The molecule has 0 saturated carbocycles. The van der Waals surface area contributed by atoms with Crippen LogP contribution in [0.3, 0.4) is 0 Å². The van der Waals surface area contributed by atoms with Gasteiger partial charge in [-0.2, -0.15) is 0 Å². The lowest BCUT2D eigenvalue weighted by atomic mass is 10.0. The quantitative estimate of drug-likeness (QED) is 0.502. The highest BCUT2D eigenvalue weighted by Crippen LogP contribution is 2.19. The van der Waals surface area contributed by atoms with Crippen molar-refractivity contribution in [3.63, 3.8) is 0 Å². The van der Waals surface area contributed by atoms with E-state index in [0.29, 0.717) is 12.0 Å². The molecule has 94 valence electrons. The lowest BCUT2D eigenvalue weighted by molar-refractivity contribution is -0.139. The van der Waals surface area contributed by atoms with Gasteiger partial charge in [0.1, 0.15) is 12.2 Å². The second-order valence-electron chi connectivity index (χ2n) is 3.56. The van der Waals surface area contributed by atoms with Gasteiger partial charge in [0.25, 0.3) is 0 Å². The molecule has 18 heavy (non-hydrogen) atoms. The lowest BCUT2D eigenvalue weighted by Gasteiger charge is -2.02. The summed E-state index contributed by atoms with van der Waals surface area (Å²) >= 11 is 0. The molecule has 0 radical (unpaired) electrons. The van der Waals surface area contributed by atoms with E-state index in [9.17, 15) is 14.7 Å². The van der Waals surface area contributed by atoms with E-state index in [1.54, 1.807) is 13.0 Å². The molecular formula is C14H14O4. The van der Waals surface area contributed by atoms with Gasteiger partial charge in [0.05, 0.1) is 12.7 Å². The Bertz CT molecular complexity index is 520. The zero-order chi connectivity index (χ0) is 13.5. The number of hydrogen-bond acceptors (Lipinski definition) is 4. The number of benzene rings is 1. The van der Waals surface area contributed by atoms with Gasteiger partial charge in [0.15, 0.2) is 5.78 Å². The number of phenols is 1. The van der Waals surface area contributed by atoms with Gasteiger partial charge in [0, 0.05) is 12.0 Å². The number of carbonyl (C=O) groups excluding carboxylic acids is 2. The van der Waals surface area contributed by atoms with Crippen LogP contribution in [0.1, 0.15) is 35.7 Å². The molecular weight excluding hydrogens is 232 g/mol. The maximum absolute atomic E-state index is 11.5. The van der Waals surface area contributed by atoms with Crippen LogP contribution in [-0.4, -0.2) is 24.0 Å². The van der Waals surface area contributed by atoms with Crippen molar-refractivity contribution in [2.24, 2.45) is 0 Å². The number of phenolic OH excluding ortho intramolecular Hbond substituents is 1. The summed E-state index contributed by atoms with van der Waals surface area (Å²) in [6.07, 6.45) is 0.307. The van der Waals surface area contributed by atoms with E-state index < -0.39 is 5.97 Å². The number of esters is 1. The van der Waals surface area contributed by atoms with Crippen molar-refractivity contribution in [3.8, 4) is 17.6 Å².